The molecule has 0 aliphatic carbocycles. The van der Waals surface area contributed by atoms with Crippen LogP contribution in [0.25, 0.3) is 0 Å². The van der Waals surface area contributed by atoms with Crippen LogP contribution < -0.4 is 14.8 Å². The van der Waals surface area contributed by atoms with Crippen LogP contribution in [0.5, 0.6) is 11.5 Å². The molecule has 2 unspecified atom stereocenters. The highest BCUT2D eigenvalue weighted by molar-refractivity contribution is 6.35. The molecule has 156 valence electrons. The van der Waals surface area contributed by atoms with E-state index in [1.54, 1.807) is 26.4 Å². The molecule has 5 nitrogen and oxygen atoms in total. The number of halogens is 2. The Morgan fingerprint density at radius 2 is 1.93 bits per heavy atom. The molecule has 1 aliphatic heterocycles. The molecule has 0 spiro atoms. The van der Waals surface area contributed by atoms with Gasteiger partial charge in [0.1, 0.15) is 0 Å². The largest absolute Gasteiger partial charge is 0.493 e. The number of likely N-dealkylation sites (tertiary alicyclic amines) is 1. The van der Waals surface area contributed by atoms with Gasteiger partial charge in [-0.1, -0.05) is 35.3 Å². The first-order valence-corrected chi connectivity index (χ1v) is 10.4. The number of carbonyl (C=O) groups excluding carboxylic acids is 1. The summed E-state index contributed by atoms with van der Waals surface area (Å²) in [5, 5.41) is 4.47. The predicted octanol–water partition coefficient (Wildman–Crippen LogP) is 5.02. The van der Waals surface area contributed by atoms with Crippen LogP contribution in [0.2, 0.25) is 10.0 Å². The summed E-state index contributed by atoms with van der Waals surface area (Å²) in [7, 11) is 3.23. The average molecular weight is 437 g/mol. The van der Waals surface area contributed by atoms with Gasteiger partial charge in [-0.2, -0.15) is 0 Å². The van der Waals surface area contributed by atoms with Crippen LogP contribution in [0.1, 0.15) is 43.0 Å². The van der Waals surface area contributed by atoms with Gasteiger partial charge >= 0.3 is 0 Å². The molecular formula is C22H26Cl2N2O3. The Morgan fingerprint density at radius 1 is 1.17 bits per heavy atom. The van der Waals surface area contributed by atoms with Gasteiger partial charge in [0.05, 0.1) is 26.8 Å². The molecule has 2 aromatic rings. The van der Waals surface area contributed by atoms with Crippen molar-refractivity contribution in [2.45, 2.75) is 31.8 Å². The first-order chi connectivity index (χ1) is 13.9. The molecule has 3 rings (SSSR count). The lowest BCUT2D eigenvalue weighted by Gasteiger charge is -2.27. The number of hydrogen-bond donors (Lipinski definition) is 1. The zero-order valence-corrected chi connectivity index (χ0v) is 18.4. The zero-order chi connectivity index (χ0) is 21.0. The van der Waals surface area contributed by atoms with E-state index in [0.29, 0.717) is 21.5 Å². The molecule has 2 atom stereocenters. The summed E-state index contributed by atoms with van der Waals surface area (Å²) in [5.41, 5.74) is 1.98. The van der Waals surface area contributed by atoms with Gasteiger partial charge in [-0.3, -0.25) is 4.79 Å². The SMILES string of the molecule is COc1ccc(C2CCCN2C(=O)CNC(C)c2ccc(Cl)cc2Cl)cc1OC. The van der Waals surface area contributed by atoms with E-state index in [2.05, 4.69) is 5.32 Å². The van der Waals surface area contributed by atoms with E-state index in [0.717, 1.165) is 30.5 Å². The summed E-state index contributed by atoms with van der Waals surface area (Å²) < 4.78 is 10.7. The van der Waals surface area contributed by atoms with Crippen molar-refractivity contribution in [1.29, 1.82) is 0 Å². The van der Waals surface area contributed by atoms with Crippen LogP contribution in [0.3, 0.4) is 0 Å². The van der Waals surface area contributed by atoms with Gasteiger partial charge in [0.25, 0.3) is 0 Å². The third-order valence-electron chi connectivity index (χ3n) is 5.35. The standard InChI is InChI=1S/C22H26Cl2N2O3/c1-14(17-8-7-16(23)12-18(17)24)25-13-22(27)26-10-4-5-19(26)15-6-9-20(28-2)21(11-15)29-3/h6-9,11-12,14,19,25H,4-5,10,13H2,1-3H3. The number of ether oxygens (including phenoxy) is 2. The van der Waals surface area contributed by atoms with Crippen LogP contribution in [-0.4, -0.2) is 38.1 Å². The second kappa shape index (κ2) is 9.70. The van der Waals surface area contributed by atoms with Crippen molar-refractivity contribution in [3.8, 4) is 11.5 Å². The number of rotatable bonds is 7. The molecule has 29 heavy (non-hydrogen) atoms. The van der Waals surface area contributed by atoms with E-state index in [-0.39, 0.29) is 24.5 Å². The summed E-state index contributed by atoms with van der Waals surface area (Å²) in [5.74, 6) is 1.43. The number of hydrogen-bond acceptors (Lipinski definition) is 4. The van der Waals surface area contributed by atoms with Crippen molar-refractivity contribution in [3.05, 3.63) is 57.6 Å². The molecule has 2 aromatic carbocycles. The highest BCUT2D eigenvalue weighted by Crippen LogP contribution is 2.37. The van der Waals surface area contributed by atoms with Crippen LogP contribution in [0.4, 0.5) is 0 Å². The third kappa shape index (κ3) is 4.97. The highest BCUT2D eigenvalue weighted by atomic mass is 35.5. The van der Waals surface area contributed by atoms with Crippen molar-refractivity contribution in [2.75, 3.05) is 27.3 Å². The first kappa shape index (κ1) is 21.8. The fourth-order valence-corrected chi connectivity index (χ4v) is 4.35. The van der Waals surface area contributed by atoms with Crippen molar-refractivity contribution in [1.82, 2.24) is 10.2 Å². The molecule has 1 aliphatic rings. The van der Waals surface area contributed by atoms with Crippen LogP contribution in [0.15, 0.2) is 36.4 Å². The maximum Gasteiger partial charge on any atom is 0.237 e. The molecule has 1 fully saturated rings. The van der Waals surface area contributed by atoms with Crippen molar-refractivity contribution in [3.63, 3.8) is 0 Å². The maximum absolute atomic E-state index is 12.9. The Morgan fingerprint density at radius 3 is 2.62 bits per heavy atom. The minimum Gasteiger partial charge on any atom is -0.493 e. The number of methoxy groups -OCH3 is 2. The van der Waals surface area contributed by atoms with Crippen molar-refractivity contribution >= 4 is 29.1 Å². The Balaban J connectivity index is 1.67. The van der Waals surface area contributed by atoms with Gasteiger partial charge in [0.15, 0.2) is 11.5 Å². The Hall–Kier alpha value is -1.95. The quantitative estimate of drug-likeness (QED) is 0.661. The number of nitrogens with one attached hydrogen (secondary N) is 1. The maximum atomic E-state index is 12.9. The minimum absolute atomic E-state index is 0.0403. The summed E-state index contributed by atoms with van der Waals surface area (Å²) in [6, 6.07) is 11.2. The fraction of sp³-hybridized carbons (Fsp3) is 0.409. The number of nitrogens with zero attached hydrogens (tertiary/aromatic N) is 1. The predicted molar refractivity (Wildman–Crippen MR) is 116 cm³/mol. The van der Waals surface area contributed by atoms with Gasteiger partial charge in [0.2, 0.25) is 5.91 Å². The lowest BCUT2D eigenvalue weighted by molar-refractivity contribution is -0.131. The summed E-state index contributed by atoms with van der Waals surface area (Å²) in [6.07, 6.45) is 1.91. The molecular weight excluding hydrogens is 411 g/mol. The smallest absolute Gasteiger partial charge is 0.237 e. The molecule has 1 amide bonds. The van der Waals surface area contributed by atoms with Gasteiger partial charge in [-0.25, -0.2) is 0 Å². The molecule has 1 heterocycles. The third-order valence-corrected chi connectivity index (χ3v) is 5.92. The summed E-state index contributed by atoms with van der Waals surface area (Å²) in [4.78, 5) is 14.9. The second-order valence-electron chi connectivity index (χ2n) is 7.13. The van der Waals surface area contributed by atoms with Gasteiger partial charge in [0, 0.05) is 22.6 Å². The lowest BCUT2D eigenvalue weighted by atomic mass is 10.0. The Kier molecular flexibility index (Phi) is 7.28. The van der Waals surface area contributed by atoms with Crippen LogP contribution >= 0.6 is 23.2 Å². The Labute approximate surface area is 181 Å². The minimum atomic E-state index is -0.0640. The van der Waals surface area contributed by atoms with Crippen molar-refractivity contribution < 1.29 is 14.3 Å². The summed E-state index contributed by atoms with van der Waals surface area (Å²) in [6.45, 7) is 2.97. The molecule has 0 radical (unpaired) electrons. The van der Waals surface area contributed by atoms with E-state index in [1.807, 2.05) is 36.1 Å². The van der Waals surface area contributed by atoms with Crippen LogP contribution in [0, 0.1) is 0 Å². The van der Waals surface area contributed by atoms with E-state index < -0.39 is 0 Å². The molecule has 1 N–H and O–H groups in total. The van der Waals surface area contributed by atoms with Gasteiger partial charge < -0.3 is 19.7 Å². The highest BCUT2D eigenvalue weighted by Gasteiger charge is 2.30. The van der Waals surface area contributed by atoms with E-state index in [1.165, 1.54) is 0 Å². The average Bonchev–Trinajstić information content (AvgIpc) is 3.21. The van der Waals surface area contributed by atoms with Gasteiger partial charge in [-0.15, -0.1) is 0 Å². The molecule has 0 bridgehead atoms. The first-order valence-electron chi connectivity index (χ1n) is 9.64. The molecule has 7 heteroatoms. The number of amides is 1. The lowest BCUT2D eigenvalue weighted by Crippen LogP contribution is -2.38. The van der Waals surface area contributed by atoms with E-state index in [9.17, 15) is 4.79 Å². The van der Waals surface area contributed by atoms with E-state index in [4.69, 9.17) is 32.7 Å². The van der Waals surface area contributed by atoms with Crippen LogP contribution in [-0.2, 0) is 4.79 Å². The fourth-order valence-electron chi connectivity index (χ4n) is 3.78. The second-order valence-corrected chi connectivity index (χ2v) is 7.97. The van der Waals surface area contributed by atoms with Crippen molar-refractivity contribution in [2.24, 2.45) is 0 Å². The summed E-state index contributed by atoms with van der Waals surface area (Å²) >= 11 is 12.2. The van der Waals surface area contributed by atoms with E-state index >= 15 is 0 Å². The zero-order valence-electron chi connectivity index (χ0n) is 16.9. The molecule has 1 saturated heterocycles. The molecule has 0 aromatic heterocycles. The number of benzene rings is 2. The Bertz CT molecular complexity index is 875. The topological polar surface area (TPSA) is 50.8 Å². The number of carbonyl (C=O) groups is 1. The normalized spacial score (nSPS) is 17.3. The molecule has 0 saturated carbocycles. The van der Waals surface area contributed by atoms with Gasteiger partial charge in [-0.05, 0) is 55.2 Å². The monoisotopic (exact) mass is 436 g/mol.